The standard InChI is InChI=1S/C21H25FN2O3S/c22-19-11-4-12-20(15-19)23-21(25)18-10-5-13-24(16-18)28(26,27)14-6-9-17-7-2-1-3-8-17/h1-4,7-8,11-12,15,18H,5-6,9-10,13-14,16H2,(H,23,25). The minimum Gasteiger partial charge on any atom is -0.326 e. The van der Waals surface area contributed by atoms with Gasteiger partial charge in [-0.3, -0.25) is 4.79 Å². The first-order valence-corrected chi connectivity index (χ1v) is 11.1. The number of amides is 1. The van der Waals surface area contributed by atoms with Gasteiger partial charge in [-0.15, -0.1) is 0 Å². The number of rotatable bonds is 7. The van der Waals surface area contributed by atoms with Crippen LogP contribution in [0.2, 0.25) is 0 Å². The molecule has 0 radical (unpaired) electrons. The minimum atomic E-state index is -3.41. The van der Waals surface area contributed by atoms with Crippen molar-refractivity contribution in [3.05, 3.63) is 66.0 Å². The molecule has 0 aliphatic carbocycles. The molecule has 28 heavy (non-hydrogen) atoms. The Morgan fingerprint density at radius 1 is 1.14 bits per heavy atom. The molecule has 7 heteroatoms. The van der Waals surface area contributed by atoms with Crippen molar-refractivity contribution in [1.29, 1.82) is 0 Å². The van der Waals surface area contributed by atoms with E-state index in [2.05, 4.69) is 5.32 Å². The molecule has 0 aromatic heterocycles. The molecule has 1 heterocycles. The number of hydrogen-bond acceptors (Lipinski definition) is 3. The Balaban J connectivity index is 1.54. The lowest BCUT2D eigenvalue weighted by Crippen LogP contribution is -2.44. The molecule has 1 aliphatic rings. The molecule has 2 aromatic rings. The third kappa shape index (κ3) is 5.62. The van der Waals surface area contributed by atoms with Crippen molar-refractivity contribution in [2.24, 2.45) is 5.92 Å². The number of nitrogens with one attached hydrogen (secondary N) is 1. The summed E-state index contributed by atoms with van der Waals surface area (Å²) in [5.41, 5.74) is 1.50. The summed E-state index contributed by atoms with van der Waals surface area (Å²) in [6.45, 7) is 0.617. The number of halogens is 1. The van der Waals surface area contributed by atoms with Crippen LogP contribution in [-0.2, 0) is 21.2 Å². The van der Waals surface area contributed by atoms with E-state index in [1.807, 2.05) is 30.3 Å². The second kappa shape index (κ2) is 9.30. The van der Waals surface area contributed by atoms with Gasteiger partial charge < -0.3 is 5.32 Å². The van der Waals surface area contributed by atoms with E-state index in [1.54, 1.807) is 6.07 Å². The number of anilines is 1. The normalized spacial score (nSPS) is 18.0. The molecule has 0 saturated carbocycles. The van der Waals surface area contributed by atoms with Crippen LogP contribution in [0.15, 0.2) is 54.6 Å². The fraction of sp³-hybridized carbons (Fsp3) is 0.381. The lowest BCUT2D eigenvalue weighted by molar-refractivity contribution is -0.120. The van der Waals surface area contributed by atoms with Crippen molar-refractivity contribution in [3.8, 4) is 0 Å². The molecule has 0 spiro atoms. The number of aryl methyl sites for hydroxylation is 1. The van der Waals surface area contributed by atoms with Crippen LogP contribution in [0.1, 0.15) is 24.8 Å². The zero-order valence-corrected chi connectivity index (χ0v) is 16.5. The van der Waals surface area contributed by atoms with E-state index in [0.29, 0.717) is 37.9 Å². The number of sulfonamides is 1. The fourth-order valence-corrected chi connectivity index (χ4v) is 5.03. The average molecular weight is 405 g/mol. The van der Waals surface area contributed by atoms with Crippen LogP contribution in [0.25, 0.3) is 0 Å². The third-order valence-corrected chi connectivity index (χ3v) is 6.87. The van der Waals surface area contributed by atoms with Crippen LogP contribution in [0.5, 0.6) is 0 Å². The van der Waals surface area contributed by atoms with Gasteiger partial charge in [0, 0.05) is 18.8 Å². The van der Waals surface area contributed by atoms with Crippen LogP contribution in [0.3, 0.4) is 0 Å². The van der Waals surface area contributed by atoms with Crippen molar-refractivity contribution < 1.29 is 17.6 Å². The van der Waals surface area contributed by atoms with Gasteiger partial charge in [-0.25, -0.2) is 17.1 Å². The Hall–Kier alpha value is -2.25. The summed E-state index contributed by atoms with van der Waals surface area (Å²) in [5.74, 6) is -1.06. The Morgan fingerprint density at radius 3 is 2.68 bits per heavy atom. The highest BCUT2D eigenvalue weighted by Gasteiger charge is 2.32. The predicted molar refractivity (Wildman–Crippen MR) is 108 cm³/mol. The molecule has 1 saturated heterocycles. The second-order valence-electron chi connectivity index (χ2n) is 7.10. The Morgan fingerprint density at radius 2 is 1.93 bits per heavy atom. The maximum absolute atomic E-state index is 13.3. The SMILES string of the molecule is O=C(Nc1cccc(F)c1)C1CCCN(S(=O)(=O)CCCc2ccccc2)C1. The van der Waals surface area contributed by atoms with E-state index in [1.165, 1.54) is 22.5 Å². The number of carbonyl (C=O) groups is 1. The van der Waals surface area contributed by atoms with Crippen LogP contribution in [0.4, 0.5) is 10.1 Å². The Bertz CT molecular complexity index is 903. The summed E-state index contributed by atoms with van der Waals surface area (Å²) in [6.07, 6.45) is 2.51. The first-order valence-electron chi connectivity index (χ1n) is 9.52. The van der Waals surface area contributed by atoms with E-state index in [0.717, 1.165) is 5.56 Å². The average Bonchev–Trinajstić information content (AvgIpc) is 2.69. The maximum Gasteiger partial charge on any atom is 0.228 e. The van der Waals surface area contributed by atoms with E-state index in [4.69, 9.17) is 0 Å². The van der Waals surface area contributed by atoms with Gasteiger partial charge in [-0.2, -0.15) is 0 Å². The molecular weight excluding hydrogens is 379 g/mol. The number of piperidine rings is 1. The summed E-state index contributed by atoms with van der Waals surface area (Å²) in [4.78, 5) is 12.5. The number of benzene rings is 2. The molecule has 1 unspecified atom stereocenters. The monoisotopic (exact) mass is 404 g/mol. The zero-order valence-electron chi connectivity index (χ0n) is 15.7. The molecule has 1 atom stereocenters. The first kappa shape index (κ1) is 20.5. The smallest absolute Gasteiger partial charge is 0.228 e. The van der Waals surface area contributed by atoms with Gasteiger partial charge in [0.05, 0.1) is 11.7 Å². The van der Waals surface area contributed by atoms with Gasteiger partial charge >= 0.3 is 0 Å². The van der Waals surface area contributed by atoms with Crippen molar-refractivity contribution >= 4 is 21.6 Å². The fourth-order valence-electron chi connectivity index (χ4n) is 3.45. The second-order valence-corrected chi connectivity index (χ2v) is 9.19. The van der Waals surface area contributed by atoms with Gasteiger partial charge in [0.15, 0.2) is 0 Å². The molecular formula is C21H25FN2O3S. The maximum atomic E-state index is 13.3. The summed E-state index contributed by atoms with van der Waals surface area (Å²) in [7, 11) is -3.41. The zero-order chi connectivity index (χ0) is 20.0. The first-order chi connectivity index (χ1) is 13.4. The third-order valence-electron chi connectivity index (χ3n) is 4.95. The largest absolute Gasteiger partial charge is 0.326 e. The van der Waals surface area contributed by atoms with E-state index < -0.39 is 21.8 Å². The Labute approximate surface area is 165 Å². The molecule has 1 amide bonds. The highest BCUT2D eigenvalue weighted by Crippen LogP contribution is 2.22. The number of hydrogen-bond donors (Lipinski definition) is 1. The van der Waals surface area contributed by atoms with Crippen LogP contribution in [-0.4, -0.2) is 37.5 Å². The highest BCUT2D eigenvalue weighted by atomic mass is 32.2. The predicted octanol–water partition coefficient (Wildman–Crippen LogP) is 3.44. The molecule has 150 valence electrons. The van der Waals surface area contributed by atoms with E-state index in [-0.39, 0.29) is 18.2 Å². The van der Waals surface area contributed by atoms with Gasteiger partial charge in [0.25, 0.3) is 0 Å². The van der Waals surface area contributed by atoms with Gasteiger partial charge in [-0.1, -0.05) is 36.4 Å². The lowest BCUT2D eigenvalue weighted by Gasteiger charge is -2.31. The highest BCUT2D eigenvalue weighted by molar-refractivity contribution is 7.89. The summed E-state index contributed by atoms with van der Waals surface area (Å²) < 4.78 is 40.1. The minimum absolute atomic E-state index is 0.0696. The van der Waals surface area contributed by atoms with Crippen molar-refractivity contribution in [2.75, 3.05) is 24.2 Å². The molecule has 3 rings (SSSR count). The van der Waals surface area contributed by atoms with Gasteiger partial charge in [0.1, 0.15) is 5.82 Å². The topological polar surface area (TPSA) is 66.5 Å². The van der Waals surface area contributed by atoms with Gasteiger partial charge in [-0.05, 0) is 49.4 Å². The molecule has 1 fully saturated rings. The Kier molecular flexibility index (Phi) is 6.80. The van der Waals surface area contributed by atoms with Crippen molar-refractivity contribution in [2.45, 2.75) is 25.7 Å². The van der Waals surface area contributed by atoms with E-state index >= 15 is 0 Å². The van der Waals surface area contributed by atoms with Crippen molar-refractivity contribution in [1.82, 2.24) is 4.31 Å². The number of nitrogens with zero attached hydrogens (tertiary/aromatic N) is 1. The lowest BCUT2D eigenvalue weighted by atomic mass is 9.99. The molecule has 0 bridgehead atoms. The van der Waals surface area contributed by atoms with Crippen LogP contribution < -0.4 is 5.32 Å². The molecule has 2 aromatic carbocycles. The van der Waals surface area contributed by atoms with Crippen molar-refractivity contribution in [3.63, 3.8) is 0 Å². The molecule has 1 aliphatic heterocycles. The summed E-state index contributed by atoms with van der Waals surface area (Å²) in [5, 5.41) is 2.69. The quantitative estimate of drug-likeness (QED) is 0.769. The van der Waals surface area contributed by atoms with E-state index in [9.17, 15) is 17.6 Å². The van der Waals surface area contributed by atoms with Crippen LogP contribution >= 0.6 is 0 Å². The van der Waals surface area contributed by atoms with Gasteiger partial charge in [0.2, 0.25) is 15.9 Å². The molecule has 5 nitrogen and oxygen atoms in total. The summed E-state index contributed by atoms with van der Waals surface area (Å²) >= 11 is 0. The molecule has 1 N–H and O–H groups in total. The summed E-state index contributed by atoms with van der Waals surface area (Å²) in [6, 6.07) is 15.5. The number of carbonyl (C=O) groups excluding carboxylic acids is 1. The van der Waals surface area contributed by atoms with Crippen LogP contribution in [0, 0.1) is 11.7 Å².